The number of thioether (sulfide) groups is 1. The number of rotatable bonds is 3. The van der Waals surface area contributed by atoms with Crippen molar-refractivity contribution >= 4 is 23.4 Å². The molecule has 0 N–H and O–H groups in total. The van der Waals surface area contributed by atoms with Crippen molar-refractivity contribution in [3.63, 3.8) is 0 Å². The third kappa shape index (κ3) is 3.39. The van der Waals surface area contributed by atoms with E-state index in [9.17, 15) is 4.79 Å². The molecule has 0 unspecified atom stereocenters. The molecule has 2 aromatic rings. The van der Waals surface area contributed by atoms with Crippen LogP contribution in [0.25, 0.3) is 0 Å². The lowest BCUT2D eigenvalue weighted by molar-refractivity contribution is -0.120. The summed E-state index contributed by atoms with van der Waals surface area (Å²) in [6, 6.07) is 17.5. The number of ether oxygens (including phenoxy) is 1. The molecule has 1 amide bonds. The fourth-order valence-corrected chi connectivity index (χ4v) is 3.32. The van der Waals surface area contributed by atoms with Gasteiger partial charge < -0.3 is 9.64 Å². The van der Waals surface area contributed by atoms with E-state index in [1.165, 1.54) is 4.90 Å². The Morgan fingerprint density at radius 3 is 2.71 bits per heavy atom. The summed E-state index contributed by atoms with van der Waals surface area (Å²) in [6.45, 7) is 0.823. The highest BCUT2D eigenvalue weighted by atomic mass is 32.2. The van der Waals surface area contributed by atoms with Crippen molar-refractivity contribution in [3.8, 4) is 5.75 Å². The zero-order valence-corrected chi connectivity index (χ0v) is 12.5. The van der Waals surface area contributed by atoms with Crippen LogP contribution in [0.2, 0.25) is 0 Å². The molecule has 108 valence electrons. The summed E-state index contributed by atoms with van der Waals surface area (Å²) in [5, 5.41) is 0. The molecule has 0 aromatic heterocycles. The van der Waals surface area contributed by atoms with Crippen molar-refractivity contribution in [1.29, 1.82) is 0 Å². The average molecular weight is 299 g/mol. The van der Waals surface area contributed by atoms with Gasteiger partial charge in [0.25, 0.3) is 5.91 Å². The number of carbonyl (C=O) groups excluding carboxylic acids is 1. The first-order chi connectivity index (χ1) is 10.3. The minimum atomic E-state index is 0.00815. The van der Waals surface area contributed by atoms with Crippen LogP contribution in [0.4, 0.5) is 5.69 Å². The second-order valence-electron chi connectivity index (χ2n) is 4.82. The van der Waals surface area contributed by atoms with Crippen LogP contribution >= 0.6 is 11.8 Å². The molecular formula is C17H17NO2S. The van der Waals surface area contributed by atoms with E-state index >= 15 is 0 Å². The highest BCUT2D eigenvalue weighted by molar-refractivity contribution is 7.99. The van der Waals surface area contributed by atoms with Gasteiger partial charge in [0.05, 0.1) is 5.69 Å². The van der Waals surface area contributed by atoms with Crippen LogP contribution in [0.3, 0.4) is 0 Å². The van der Waals surface area contributed by atoms with Crippen LogP contribution in [0.1, 0.15) is 6.42 Å². The minimum absolute atomic E-state index is 0.00815. The second kappa shape index (κ2) is 6.68. The Labute approximate surface area is 128 Å². The Balaban J connectivity index is 1.72. The number of hydrogen-bond acceptors (Lipinski definition) is 3. The van der Waals surface area contributed by atoms with E-state index in [0.29, 0.717) is 0 Å². The average Bonchev–Trinajstić information content (AvgIpc) is 2.76. The van der Waals surface area contributed by atoms with Gasteiger partial charge in [-0.3, -0.25) is 4.79 Å². The lowest BCUT2D eigenvalue weighted by Gasteiger charge is -2.22. The van der Waals surface area contributed by atoms with Crippen LogP contribution in [0.5, 0.6) is 5.75 Å². The molecule has 0 saturated heterocycles. The Hall–Kier alpha value is -1.94. The summed E-state index contributed by atoms with van der Waals surface area (Å²) in [5.74, 6) is 1.78. The van der Waals surface area contributed by atoms with E-state index in [1.54, 1.807) is 0 Å². The van der Waals surface area contributed by atoms with Crippen molar-refractivity contribution < 1.29 is 9.53 Å². The fourth-order valence-electron chi connectivity index (χ4n) is 2.33. The Kier molecular flexibility index (Phi) is 4.46. The minimum Gasteiger partial charge on any atom is -0.484 e. The number of hydrogen-bond donors (Lipinski definition) is 0. The van der Waals surface area contributed by atoms with Crippen molar-refractivity contribution in [2.45, 2.75) is 11.3 Å². The molecule has 21 heavy (non-hydrogen) atoms. The van der Waals surface area contributed by atoms with Gasteiger partial charge in [0, 0.05) is 11.4 Å². The van der Waals surface area contributed by atoms with Gasteiger partial charge in [-0.15, -0.1) is 11.8 Å². The summed E-state index contributed by atoms with van der Waals surface area (Å²) in [7, 11) is 0. The standard InChI is InChI=1S/C17H17NO2S/c19-17(13-20-14-7-2-1-3-8-14)18-11-6-12-21-16-10-5-4-9-15(16)18/h1-5,7-10H,6,11-13H2. The first kappa shape index (κ1) is 14.0. The first-order valence-electron chi connectivity index (χ1n) is 7.04. The predicted molar refractivity (Wildman–Crippen MR) is 86.1 cm³/mol. The van der Waals surface area contributed by atoms with Gasteiger partial charge in [0.2, 0.25) is 0 Å². The zero-order chi connectivity index (χ0) is 14.5. The second-order valence-corrected chi connectivity index (χ2v) is 5.95. The normalized spacial score (nSPS) is 14.2. The Bertz CT molecular complexity index is 615. The number of anilines is 1. The van der Waals surface area contributed by atoms with E-state index in [0.717, 1.165) is 30.2 Å². The molecule has 0 spiro atoms. The highest BCUT2D eigenvalue weighted by Gasteiger charge is 2.21. The van der Waals surface area contributed by atoms with Crippen molar-refractivity contribution in [2.75, 3.05) is 23.8 Å². The topological polar surface area (TPSA) is 29.5 Å². The van der Waals surface area contributed by atoms with E-state index in [4.69, 9.17) is 4.74 Å². The SMILES string of the molecule is O=C(COc1ccccc1)N1CCCSc2ccccc21. The van der Waals surface area contributed by atoms with E-state index in [1.807, 2.05) is 65.2 Å². The molecule has 1 heterocycles. The van der Waals surface area contributed by atoms with Gasteiger partial charge >= 0.3 is 0 Å². The van der Waals surface area contributed by atoms with Crippen LogP contribution < -0.4 is 9.64 Å². The Morgan fingerprint density at radius 1 is 1.10 bits per heavy atom. The number of fused-ring (bicyclic) bond motifs is 1. The summed E-state index contributed by atoms with van der Waals surface area (Å²) < 4.78 is 5.58. The molecule has 0 fully saturated rings. The first-order valence-corrected chi connectivity index (χ1v) is 8.03. The van der Waals surface area contributed by atoms with Gasteiger partial charge in [0.1, 0.15) is 5.75 Å². The quantitative estimate of drug-likeness (QED) is 0.867. The Morgan fingerprint density at radius 2 is 1.86 bits per heavy atom. The van der Waals surface area contributed by atoms with E-state index in [2.05, 4.69) is 6.07 Å². The van der Waals surface area contributed by atoms with Gasteiger partial charge in [-0.05, 0) is 36.4 Å². The fraction of sp³-hybridized carbons (Fsp3) is 0.235. The van der Waals surface area contributed by atoms with Gasteiger partial charge in [-0.25, -0.2) is 0 Å². The maximum Gasteiger partial charge on any atom is 0.264 e. The third-order valence-corrected chi connectivity index (χ3v) is 4.50. The molecule has 0 aliphatic carbocycles. The maximum atomic E-state index is 12.5. The number of carbonyl (C=O) groups is 1. The third-order valence-electron chi connectivity index (χ3n) is 3.35. The molecule has 2 aromatic carbocycles. The van der Waals surface area contributed by atoms with E-state index < -0.39 is 0 Å². The lowest BCUT2D eigenvalue weighted by Crippen LogP contribution is -2.35. The van der Waals surface area contributed by atoms with Crippen molar-refractivity contribution in [3.05, 3.63) is 54.6 Å². The largest absolute Gasteiger partial charge is 0.484 e. The van der Waals surface area contributed by atoms with Gasteiger partial charge in [0.15, 0.2) is 6.61 Å². The summed E-state index contributed by atoms with van der Waals surface area (Å²) >= 11 is 1.81. The molecule has 4 heteroatoms. The number of para-hydroxylation sites is 2. The molecule has 1 aliphatic rings. The van der Waals surface area contributed by atoms with Gasteiger partial charge in [-0.2, -0.15) is 0 Å². The van der Waals surface area contributed by atoms with E-state index in [-0.39, 0.29) is 12.5 Å². The number of nitrogens with zero attached hydrogens (tertiary/aromatic N) is 1. The van der Waals surface area contributed by atoms with Crippen LogP contribution in [-0.4, -0.2) is 24.8 Å². The van der Waals surface area contributed by atoms with Crippen LogP contribution in [0, 0.1) is 0 Å². The van der Waals surface area contributed by atoms with Crippen molar-refractivity contribution in [1.82, 2.24) is 0 Å². The van der Waals surface area contributed by atoms with Crippen molar-refractivity contribution in [2.24, 2.45) is 0 Å². The molecule has 3 nitrogen and oxygen atoms in total. The predicted octanol–water partition coefficient (Wildman–Crippen LogP) is 3.59. The lowest BCUT2D eigenvalue weighted by atomic mass is 10.2. The smallest absolute Gasteiger partial charge is 0.264 e. The van der Waals surface area contributed by atoms with Crippen LogP contribution in [-0.2, 0) is 4.79 Å². The van der Waals surface area contributed by atoms with Crippen LogP contribution in [0.15, 0.2) is 59.5 Å². The molecule has 3 rings (SSSR count). The highest BCUT2D eigenvalue weighted by Crippen LogP contribution is 2.33. The molecule has 0 saturated carbocycles. The number of amides is 1. The summed E-state index contributed by atoms with van der Waals surface area (Å²) in [4.78, 5) is 15.5. The molecular weight excluding hydrogens is 282 g/mol. The molecule has 1 aliphatic heterocycles. The zero-order valence-electron chi connectivity index (χ0n) is 11.7. The monoisotopic (exact) mass is 299 g/mol. The number of benzene rings is 2. The molecule has 0 bridgehead atoms. The maximum absolute atomic E-state index is 12.5. The van der Waals surface area contributed by atoms with Gasteiger partial charge in [-0.1, -0.05) is 30.3 Å². The molecule has 0 radical (unpaired) electrons. The summed E-state index contributed by atoms with van der Waals surface area (Å²) in [6.07, 6.45) is 0.996. The summed E-state index contributed by atoms with van der Waals surface area (Å²) in [5.41, 5.74) is 1.00. The molecule has 0 atom stereocenters.